The molecule has 1 aromatic rings. The Morgan fingerprint density at radius 3 is 2.70 bits per heavy atom. The van der Waals surface area contributed by atoms with E-state index in [-0.39, 0.29) is 29.4 Å². The largest absolute Gasteiger partial charge is 0.378 e. The lowest BCUT2D eigenvalue weighted by Gasteiger charge is -2.21. The molecule has 1 saturated heterocycles. The van der Waals surface area contributed by atoms with Crippen molar-refractivity contribution in [2.24, 2.45) is 0 Å². The summed E-state index contributed by atoms with van der Waals surface area (Å²) >= 11 is 0. The van der Waals surface area contributed by atoms with Crippen molar-refractivity contribution in [1.82, 2.24) is 4.90 Å². The van der Waals surface area contributed by atoms with E-state index >= 15 is 0 Å². The zero-order valence-corrected chi connectivity index (χ0v) is 11.3. The summed E-state index contributed by atoms with van der Waals surface area (Å²) in [5, 5.41) is 13.5. The average Bonchev–Trinajstić information content (AvgIpc) is 2.73. The maximum atomic E-state index is 13.8. The smallest absolute Gasteiger partial charge is 0.272 e. The van der Waals surface area contributed by atoms with Crippen LogP contribution in [0.4, 0.5) is 15.8 Å². The Bertz CT molecular complexity index is 548. The predicted octanol–water partition coefficient (Wildman–Crippen LogP) is 2.16. The predicted molar refractivity (Wildman–Crippen MR) is 71.9 cm³/mol. The third-order valence-electron chi connectivity index (χ3n) is 3.30. The first-order valence-electron chi connectivity index (χ1n) is 6.38. The van der Waals surface area contributed by atoms with E-state index in [0.717, 1.165) is 6.07 Å². The average molecular weight is 281 g/mol. The van der Waals surface area contributed by atoms with Gasteiger partial charge in [-0.2, -0.15) is 0 Å². The van der Waals surface area contributed by atoms with E-state index in [1.807, 2.05) is 13.8 Å². The fraction of sp³-hybridized carbons (Fsp3) is 0.462. The Kier molecular flexibility index (Phi) is 3.87. The van der Waals surface area contributed by atoms with E-state index in [2.05, 4.69) is 5.32 Å². The van der Waals surface area contributed by atoms with Gasteiger partial charge in [0.25, 0.3) is 5.69 Å². The number of carbonyl (C=O) groups excluding carboxylic acids is 1. The zero-order chi connectivity index (χ0) is 14.9. The van der Waals surface area contributed by atoms with Crippen LogP contribution >= 0.6 is 0 Å². The van der Waals surface area contributed by atoms with Crippen molar-refractivity contribution in [3.05, 3.63) is 34.1 Å². The Labute approximate surface area is 115 Å². The topological polar surface area (TPSA) is 75.5 Å². The fourth-order valence-corrected chi connectivity index (χ4v) is 2.28. The SMILES string of the molecule is CC(C)N1C[C@H](Nc2ccc([N+](=O)[O-])cc2F)CC1=O. The van der Waals surface area contributed by atoms with Gasteiger partial charge in [-0.25, -0.2) is 4.39 Å². The number of non-ortho nitro benzene ring substituents is 1. The normalized spacial score (nSPS) is 18.7. The minimum atomic E-state index is -0.686. The molecule has 1 heterocycles. The molecule has 1 aliphatic rings. The van der Waals surface area contributed by atoms with Crippen LogP contribution in [-0.2, 0) is 4.79 Å². The van der Waals surface area contributed by atoms with Gasteiger partial charge in [-0.3, -0.25) is 14.9 Å². The molecule has 0 unspecified atom stereocenters. The number of anilines is 1. The van der Waals surface area contributed by atoms with Gasteiger partial charge in [-0.15, -0.1) is 0 Å². The Hall–Kier alpha value is -2.18. The molecule has 108 valence electrons. The summed E-state index contributed by atoms with van der Waals surface area (Å²) in [6.07, 6.45) is 0.300. The van der Waals surface area contributed by atoms with Crippen LogP contribution in [0, 0.1) is 15.9 Å². The summed E-state index contributed by atoms with van der Waals surface area (Å²) in [5.74, 6) is -0.658. The second kappa shape index (κ2) is 5.44. The standard InChI is InChI=1S/C13H16FN3O3/c1-8(2)16-7-9(5-13(16)18)15-12-4-3-10(17(19)20)6-11(12)14/h3-4,6,8-9,15H,5,7H2,1-2H3/t9-/m1/s1. The highest BCUT2D eigenvalue weighted by atomic mass is 19.1. The van der Waals surface area contributed by atoms with Crippen molar-refractivity contribution in [1.29, 1.82) is 0 Å². The lowest BCUT2D eigenvalue weighted by atomic mass is 10.2. The van der Waals surface area contributed by atoms with Gasteiger partial charge in [0.15, 0.2) is 5.82 Å². The van der Waals surface area contributed by atoms with E-state index in [1.54, 1.807) is 4.90 Å². The summed E-state index contributed by atoms with van der Waals surface area (Å²) in [7, 11) is 0. The molecule has 1 N–H and O–H groups in total. The van der Waals surface area contributed by atoms with Crippen LogP contribution in [0.25, 0.3) is 0 Å². The molecule has 1 fully saturated rings. The van der Waals surface area contributed by atoms with E-state index in [1.165, 1.54) is 12.1 Å². The number of nitrogens with one attached hydrogen (secondary N) is 1. The summed E-state index contributed by atoms with van der Waals surface area (Å²) in [6.45, 7) is 4.35. The first kappa shape index (κ1) is 14.2. The highest BCUT2D eigenvalue weighted by molar-refractivity contribution is 5.80. The number of likely N-dealkylation sites (tertiary alicyclic amines) is 1. The van der Waals surface area contributed by atoms with Gasteiger partial charge < -0.3 is 10.2 Å². The van der Waals surface area contributed by atoms with Crippen LogP contribution in [-0.4, -0.2) is 34.4 Å². The molecule has 6 nitrogen and oxygen atoms in total. The summed E-state index contributed by atoms with van der Waals surface area (Å²) < 4.78 is 13.8. The molecule has 1 aromatic carbocycles. The minimum Gasteiger partial charge on any atom is -0.378 e. The number of hydrogen-bond acceptors (Lipinski definition) is 4. The second-order valence-corrected chi connectivity index (χ2v) is 5.11. The van der Waals surface area contributed by atoms with Crippen molar-refractivity contribution in [3.63, 3.8) is 0 Å². The number of nitro benzene ring substituents is 1. The van der Waals surface area contributed by atoms with E-state index < -0.39 is 10.7 Å². The van der Waals surface area contributed by atoms with Crippen molar-refractivity contribution < 1.29 is 14.1 Å². The second-order valence-electron chi connectivity index (χ2n) is 5.11. The van der Waals surface area contributed by atoms with Crippen molar-refractivity contribution in [2.75, 3.05) is 11.9 Å². The third kappa shape index (κ3) is 2.87. The molecule has 2 rings (SSSR count). The van der Waals surface area contributed by atoms with Gasteiger partial charge in [0.1, 0.15) is 0 Å². The van der Waals surface area contributed by atoms with Gasteiger partial charge in [-0.1, -0.05) is 0 Å². The number of hydrogen-bond donors (Lipinski definition) is 1. The van der Waals surface area contributed by atoms with Gasteiger partial charge in [0.05, 0.1) is 22.7 Å². The number of benzene rings is 1. The third-order valence-corrected chi connectivity index (χ3v) is 3.30. The Morgan fingerprint density at radius 2 is 2.20 bits per heavy atom. The number of halogens is 1. The molecule has 1 atom stereocenters. The van der Waals surface area contributed by atoms with Crippen LogP contribution in [0.15, 0.2) is 18.2 Å². The van der Waals surface area contributed by atoms with Crippen molar-refractivity contribution in [3.8, 4) is 0 Å². The van der Waals surface area contributed by atoms with E-state index in [4.69, 9.17) is 0 Å². The first-order valence-corrected chi connectivity index (χ1v) is 6.38. The van der Waals surface area contributed by atoms with Crippen LogP contribution < -0.4 is 5.32 Å². The molecule has 1 amide bonds. The number of rotatable bonds is 4. The molecular formula is C13H16FN3O3. The highest BCUT2D eigenvalue weighted by Crippen LogP contribution is 2.24. The molecule has 7 heteroatoms. The maximum absolute atomic E-state index is 13.8. The molecule has 0 spiro atoms. The minimum absolute atomic E-state index is 0.0276. The van der Waals surface area contributed by atoms with Gasteiger partial charge in [0, 0.05) is 25.1 Å². The number of amides is 1. The molecule has 0 bridgehead atoms. The van der Waals surface area contributed by atoms with Crippen LogP contribution in [0.1, 0.15) is 20.3 Å². The Morgan fingerprint density at radius 1 is 1.50 bits per heavy atom. The Balaban J connectivity index is 2.08. The summed E-state index contributed by atoms with van der Waals surface area (Å²) in [5.41, 5.74) is -0.113. The highest BCUT2D eigenvalue weighted by Gasteiger charge is 2.31. The monoisotopic (exact) mass is 281 g/mol. The summed E-state index contributed by atoms with van der Waals surface area (Å²) in [6, 6.07) is 3.37. The lowest BCUT2D eigenvalue weighted by molar-refractivity contribution is -0.385. The number of carbonyl (C=O) groups is 1. The molecule has 0 aliphatic carbocycles. The van der Waals surface area contributed by atoms with E-state index in [0.29, 0.717) is 13.0 Å². The van der Waals surface area contributed by atoms with Gasteiger partial charge in [0.2, 0.25) is 5.91 Å². The van der Waals surface area contributed by atoms with Crippen LogP contribution in [0.3, 0.4) is 0 Å². The zero-order valence-electron chi connectivity index (χ0n) is 11.3. The molecule has 20 heavy (non-hydrogen) atoms. The fourth-order valence-electron chi connectivity index (χ4n) is 2.28. The van der Waals surface area contributed by atoms with E-state index in [9.17, 15) is 19.3 Å². The lowest BCUT2D eigenvalue weighted by Crippen LogP contribution is -2.33. The van der Waals surface area contributed by atoms with Crippen LogP contribution in [0.5, 0.6) is 0 Å². The molecule has 1 aliphatic heterocycles. The molecule has 0 aromatic heterocycles. The van der Waals surface area contributed by atoms with Crippen LogP contribution in [0.2, 0.25) is 0 Å². The molecule has 0 saturated carbocycles. The maximum Gasteiger partial charge on any atom is 0.272 e. The molecular weight excluding hydrogens is 265 g/mol. The first-order chi connectivity index (χ1) is 9.38. The van der Waals surface area contributed by atoms with Crippen molar-refractivity contribution >= 4 is 17.3 Å². The van der Waals surface area contributed by atoms with Crippen molar-refractivity contribution in [2.45, 2.75) is 32.4 Å². The number of nitrogens with zero attached hydrogens (tertiary/aromatic N) is 2. The number of nitro groups is 1. The van der Waals surface area contributed by atoms with Gasteiger partial charge in [-0.05, 0) is 19.9 Å². The quantitative estimate of drug-likeness (QED) is 0.677. The molecule has 0 radical (unpaired) electrons. The summed E-state index contributed by atoms with van der Waals surface area (Å²) in [4.78, 5) is 23.4. The van der Waals surface area contributed by atoms with Gasteiger partial charge >= 0.3 is 0 Å².